The number of hydrogen-bond donors (Lipinski definition) is 0. The van der Waals surface area contributed by atoms with E-state index in [1.54, 1.807) is 37.0 Å². The third-order valence-electron chi connectivity index (χ3n) is 5.83. The first-order valence-electron chi connectivity index (χ1n) is 11.4. The molecule has 3 aromatic rings. The van der Waals surface area contributed by atoms with E-state index in [0.717, 1.165) is 19.3 Å². The summed E-state index contributed by atoms with van der Waals surface area (Å²) in [4.78, 5) is 33.6. The van der Waals surface area contributed by atoms with Gasteiger partial charge in [0.05, 0.1) is 37.2 Å². The fraction of sp³-hybridized carbons (Fsp3) is 0.423. The molecule has 1 heterocycles. The third kappa shape index (κ3) is 5.60. The van der Waals surface area contributed by atoms with Gasteiger partial charge in [0, 0.05) is 19.2 Å². The van der Waals surface area contributed by atoms with Gasteiger partial charge in [-0.25, -0.2) is 4.98 Å². The summed E-state index contributed by atoms with van der Waals surface area (Å²) in [6.07, 6.45) is 2.92. The highest BCUT2D eigenvalue weighted by Gasteiger charge is 2.27. The Labute approximate surface area is 195 Å². The molecule has 0 aliphatic heterocycles. The molecule has 1 aromatic heterocycles. The average molecular weight is 452 g/mol. The zero-order valence-electron chi connectivity index (χ0n) is 19.9. The number of aromatic nitrogens is 2. The van der Waals surface area contributed by atoms with E-state index in [-0.39, 0.29) is 11.5 Å². The van der Waals surface area contributed by atoms with E-state index in [9.17, 15) is 9.59 Å². The van der Waals surface area contributed by atoms with Crippen LogP contribution in [0.4, 0.5) is 0 Å². The van der Waals surface area contributed by atoms with Crippen LogP contribution in [-0.2, 0) is 11.3 Å². The summed E-state index contributed by atoms with van der Waals surface area (Å²) in [7, 11) is 3.19. The summed E-state index contributed by atoms with van der Waals surface area (Å²) in [5, 5.41) is 0.557. The Kier molecular flexibility index (Phi) is 8.60. The van der Waals surface area contributed by atoms with Crippen molar-refractivity contribution in [3.8, 4) is 5.75 Å². The number of rotatable bonds is 11. The number of para-hydroxylation sites is 1. The average Bonchev–Trinajstić information content (AvgIpc) is 2.85. The van der Waals surface area contributed by atoms with Gasteiger partial charge in [0.2, 0.25) is 0 Å². The van der Waals surface area contributed by atoms with Gasteiger partial charge >= 0.3 is 0 Å². The van der Waals surface area contributed by atoms with Crippen LogP contribution in [0, 0.1) is 0 Å². The summed E-state index contributed by atoms with van der Waals surface area (Å²) in [5.74, 6) is 1.07. The molecular formula is C26H33N3O4. The van der Waals surface area contributed by atoms with Crippen molar-refractivity contribution in [2.24, 2.45) is 0 Å². The smallest absolute Gasteiger partial charge is 0.261 e. The van der Waals surface area contributed by atoms with Crippen LogP contribution < -0.4 is 10.3 Å². The van der Waals surface area contributed by atoms with Gasteiger partial charge in [-0.05, 0) is 43.7 Å². The highest BCUT2D eigenvalue weighted by Crippen LogP contribution is 2.24. The van der Waals surface area contributed by atoms with Crippen LogP contribution in [0.1, 0.15) is 55.3 Å². The van der Waals surface area contributed by atoms with Crippen LogP contribution in [0.25, 0.3) is 10.9 Å². The first kappa shape index (κ1) is 24.5. The lowest BCUT2D eigenvalue weighted by molar-refractivity contribution is 0.0673. The van der Waals surface area contributed by atoms with Gasteiger partial charge in [0.1, 0.15) is 11.6 Å². The number of nitrogens with zero attached hydrogens (tertiary/aromatic N) is 3. The van der Waals surface area contributed by atoms with E-state index in [2.05, 4.69) is 6.92 Å². The van der Waals surface area contributed by atoms with Crippen molar-refractivity contribution in [1.82, 2.24) is 14.5 Å². The van der Waals surface area contributed by atoms with Gasteiger partial charge in [0.15, 0.2) is 0 Å². The Morgan fingerprint density at radius 3 is 2.64 bits per heavy atom. The molecule has 0 spiro atoms. The molecule has 0 aliphatic carbocycles. The second-order valence-electron chi connectivity index (χ2n) is 8.05. The normalized spacial score (nSPS) is 12.0. The van der Waals surface area contributed by atoms with E-state index in [4.69, 9.17) is 14.5 Å². The first-order valence-corrected chi connectivity index (χ1v) is 11.4. The maximum atomic E-state index is 13.6. The molecule has 0 saturated heterocycles. The van der Waals surface area contributed by atoms with Gasteiger partial charge in [-0.15, -0.1) is 0 Å². The van der Waals surface area contributed by atoms with Gasteiger partial charge in [-0.2, -0.15) is 0 Å². The third-order valence-corrected chi connectivity index (χ3v) is 5.83. The fourth-order valence-corrected chi connectivity index (χ4v) is 3.97. The number of ether oxygens (including phenoxy) is 2. The molecule has 1 atom stereocenters. The topological polar surface area (TPSA) is 73.7 Å². The number of methoxy groups -OCH3 is 2. The lowest BCUT2D eigenvalue weighted by Crippen LogP contribution is -2.38. The van der Waals surface area contributed by atoms with Crippen LogP contribution in [0.15, 0.2) is 53.3 Å². The van der Waals surface area contributed by atoms with Crippen molar-refractivity contribution in [1.29, 1.82) is 0 Å². The number of carbonyl (C=O) groups is 1. The molecule has 2 aromatic carbocycles. The summed E-state index contributed by atoms with van der Waals surface area (Å²) < 4.78 is 12.2. The first-order chi connectivity index (χ1) is 16.0. The molecule has 3 rings (SSSR count). The molecule has 0 N–H and O–H groups in total. The number of carbonyl (C=O) groups excluding carboxylic acids is 1. The summed E-state index contributed by atoms with van der Waals surface area (Å²) in [6.45, 7) is 5.37. The molecule has 0 radical (unpaired) electrons. The van der Waals surface area contributed by atoms with E-state index < -0.39 is 6.04 Å². The van der Waals surface area contributed by atoms with Crippen LogP contribution >= 0.6 is 0 Å². The molecule has 33 heavy (non-hydrogen) atoms. The molecule has 0 bridgehead atoms. The molecule has 0 saturated carbocycles. The van der Waals surface area contributed by atoms with Crippen molar-refractivity contribution in [3.05, 3.63) is 70.3 Å². The number of fused-ring (bicyclic) bond motifs is 1. The van der Waals surface area contributed by atoms with E-state index in [0.29, 0.717) is 47.7 Å². The largest absolute Gasteiger partial charge is 0.497 e. The Morgan fingerprint density at radius 1 is 1.12 bits per heavy atom. The quantitative estimate of drug-likeness (QED) is 0.403. The second kappa shape index (κ2) is 11.6. The van der Waals surface area contributed by atoms with Crippen LogP contribution in [0.5, 0.6) is 5.75 Å². The maximum absolute atomic E-state index is 13.6. The van der Waals surface area contributed by atoms with Crippen LogP contribution in [0.2, 0.25) is 0 Å². The predicted octanol–water partition coefficient (Wildman–Crippen LogP) is 4.45. The van der Waals surface area contributed by atoms with Crippen LogP contribution in [0.3, 0.4) is 0 Å². The molecule has 7 heteroatoms. The molecule has 0 aliphatic rings. The van der Waals surface area contributed by atoms with Crippen molar-refractivity contribution < 1.29 is 14.3 Å². The second-order valence-corrected chi connectivity index (χ2v) is 8.05. The molecule has 0 fully saturated rings. The van der Waals surface area contributed by atoms with Gasteiger partial charge in [-0.1, -0.05) is 38.0 Å². The standard InChI is InChI=1S/C26H33N3O4/c1-5-6-9-15-28(25(30)20-11-10-12-21(18-20)33-4)19(2)24-27-23-14-8-7-13-22(23)26(31)29(24)16-17-32-3/h7-8,10-14,18-19H,5-6,9,15-17H2,1-4H3. The minimum atomic E-state index is -0.408. The Hall–Kier alpha value is -3.19. The van der Waals surface area contributed by atoms with Crippen molar-refractivity contribution in [2.75, 3.05) is 27.4 Å². The summed E-state index contributed by atoms with van der Waals surface area (Å²) >= 11 is 0. The maximum Gasteiger partial charge on any atom is 0.261 e. The number of amides is 1. The van der Waals surface area contributed by atoms with E-state index in [1.807, 2.05) is 42.2 Å². The minimum absolute atomic E-state index is 0.113. The Morgan fingerprint density at radius 2 is 1.91 bits per heavy atom. The highest BCUT2D eigenvalue weighted by molar-refractivity contribution is 5.95. The van der Waals surface area contributed by atoms with Crippen molar-refractivity contribution in [2.45, 2.75) is 45.7 Å². The van der Waals surface area contributed by atoms with E-state index >= 15 is 0 Å². The SMILES string of the molecule is CCCCCN(C(=O)c1cccc(OC)c1)C(C)c1nc2ccccc2c(=O)n1CCOC. The molecule has 176 valence electrons. The lowest BCUT2D eigenvalue weighted by Gasteiger charge is -2.31. The summed E-state index contributed by atoms with van der Waals surface area (Å²) in [6, 6.07) is 14.1. The Bertz CT molecular complexity index is 1140. The number of unbranched alkanes of at least 4 members (excludes halogenated alkanes) is 2. The number of hydrogen-bond acceptors (Lipinski definition) is 5. The number of benzene rings is 2. The predicted molar refractivity (Wildman–Crippen MR) is 130 cm³/mol. The molecular weight excluding hydrogens is 418 g/mol. The van der Waals surface area contributed by atoms with Gasteiger partial charge in [-0.3, -0.25) is 14.2 Å². The zero-order valence-corrected chi connectivity index (χ0v) is 19.9. The van der Waals surface area contributed by atoms with Crippen LogP contribution in [-0.4, -0.2) is 47.7 Å². The fourth-order valence-electron chi connectivity index (χ4n) is 3.97. The Balaban J connectivity index is 2.08. The van der Waals surface area contributed by atoms with Gasteiger partial charge < -0.3 is 14.4 Å². The molecule has 1 unspecified atom stereocenters. The summed E-state index contributed by atoms with van der Waals surface area (Å²) in [5.41, 5.74) is 1.05. The molecule has 1 amide bonds. The lowest BCUT2D eigenvalue weighted by atomic mass is 10.1. The van der Waals surface area contributed by atoms with E-state index in [1.165, 1.54) is 0 Å². The van der Waals surface area contributed by atoms with Gasteiger partial charge in [0.25, 0.3) is 11.5 Å². The minimum Gasteiger partial charge on any atom is -0.497 e. The monoisotopic (exact) mass is 451 g/mol. The zero-order chi connectivity index (χ0) is 23.8. The van der Waals surface area contributed by atoms with Crippen molar-refractivity contribution >= 4 is 16.8 Å². The van der Waals surface area contributed by atoms with Crippen molar-refractivity contribution in [3.63, 3.8) is 0 Å². The molecule has 7 nitrogen and oxygen atoms in total. The highest BCUT2D eigenvalue weighted by atomic mass is 16.5.